The van der Waals surface area contributed by atoms with E-state index in [1.165, 1.54) is 4.68 Å². The predicted molar refractivity (Wildman–Crippen MR) is 68.6 cm³/mol. The largest absolute Gasteiger partial charge is 0.481 e. The van der Waals surface area contributed by atoms with Crippen LogP contribution in [0.25, 0.3) is 0 Å². The average molecular weight is 268 g/mol. The van der Waals surface area contributed by atoms with E-state index in [9.17, 15) is 9.59 Å². The van der Waals surface area contributed by atoms with Crippen molar-refractivity contribution in [1.82, 2.24) is 19.9 Å². The number of carboxylic acid groups (broad SMARTS) is 1. The zero-order valence-electron chi connectivity index (χ0n) is 11.6. The minimum atomic E-state index is -0.867. The topological polar surface area (TPSA) is 88.3 Å². The number of carbonyl (C=O) groups is 2. The number of carbonyl (C=O) groups excluding carboxylic acids is 1. The van der Waals surface area contributed by atoms with Crippen LogP contribution in [-0.4, -0.2) is 50.0 Å². The highest BCUT2D eigenvalue weighted by Crippen LogP contribution is 2.07. The first-order chi connectivity index (χ1) is 8.99. The van der Waals surface area contributed by atoms with Gasteiger partial charge in [0, 0.05) is 19.5 Å². The molecule has 7 nitrogen and oxygen atoms in total. The van der Waals surface area contributed by atoms with Crippen molar-refractivity contribution in [2.75, 3.05) is 13.1 Å². The standard InChI is InChI=1S/C12H20N4O3/c1-4-15(5-2)11(17)8-16-9(3)10(13-14-16)6-7-12(18)19/h4-8H2,1-3H3,(H,18,19). The lowest BCUT2D eigenvalue weighted by atomic mass is 10.2. The van der Waals surface area contributed by atoms with Gasteiger partial charge in [0.05, 0.1) is 17.8 Å². The first kappa shape index (κ1) is 15.1. The van der Waals surface area contributed by atoms with Crippen LogP contribution in [0.3, 0.4) is 0 Å². The van der Waals surface area contributed by atoms with Gasteiger partial charge in [0.25, 0.3) is 0 Å². The number of amides is 1. The fourth-order valence-electron chi connectivity index (χ4n) is 1.81. The van der Waals surface area contributed by atoms with Gasteiger partial charge >= 0.3 is 5.97 Å². The van der Waals surface area contributed by atoms with Crippen LogP contribution in [0.2, 0.25) is 0 Å². The van der Waals surface area contributed by atoms with Crippen LogP contribution in [0.4, 0.5) is 0 Å². The molecule has 0 radical (unpaired) electrons. The third-order valence-corrected chi connectivity index (χ3v) is 3.06. The Morgan fingerprint density at radius 2 is 1.95 bits per heavy atom. The molecule has 0 saturated carbocycles. The van der Waals surface area contributed by atoms with Crippen LogP contribution < -0.4 is 0 Å². The number of nitrogens with zero attached hydrogens (tertiary/aromatic N) is 4. The summed E-state index contributed by atoms with van der Waals surface area (Å²) in [6.45, 7) is 7.12. The zero-order chi connectivity index (χ0) is 14.4. The normalized spacial score (nSPS) is 10.5. The predicted octanol–water partition coefficient (Wildman–Crippen LogP) is 0.472. The number of aromatic nitrogens is 3. The molecule has 1 amide bonds. The Morgan fingerprint density at radius 1 is 1.32 bits per heavy atom. The molecule has 1 aromatic heterocycles. The molecule has 0 unspecified atom stereocenters. The molecule has 0 fully saturated rings. The summed E-state index contributed by atoms with van der Waals surface area (Å²) in [5.74, 6) is -0.879. The zero-order valence-corrected chi connectivity index (χ0v) is 11.6. The van der Waals surface area contributed by atoms with E-state index in [4.69, 9.17) is 5.11 Å². The Labute approximate surface area is 112 Å². The van der Waals surface area contributed by atoms with Crippen molar-refractivity contribution in [3.05, 3.63) is 11.4 Å². The first-order valence-corrected chi connectivity index (χ1v) is 6.38. The van der Waals surface area contributed by atoms with Gasteiger partial charge < -0.3 is 10.0 Å². The smallest absolute Gasteiger partial charge is 0.303 e. The van der Waals surface area contributed by atoms with Crippen LogP contribution >= 0.6 is 0 Å². The van der Waals surface area contributed by atoms with E-state index in [0.29, 0.717) is 25.2 Å². The number of aliphatic carboxylic acids is 1. The number of hydrogen-bond acceptors (Lipinski definition) is 4. The Bertz CT molecular complexity index is 452. The van der Waals surface area contributed by atoms with Gasteiger partial charge in [-0.25, -0.2) is 4.68 Å². The maximum absolute atomic E-state index is 11.9. The maximum atomic E-state index is 11.9. The van der Waals surface area contributed by atoms with Crippen molar-refractivity contribution >= 4 is 11.9 Å². The lowest BCUT2D eigenvalue weighted by Gasteiger charge is -2.18. The Morgan fingerprint density at radius 3 is 2.47 bits per heavy atom. The summed E-state index contributed by atoms with van der Waals surface area (Å²) in [5, 5.41) is 16.5. The molecule has 1 rings (SSSR count). The van der Waals surface area contributed by atoms with E-state index in [-0.39, 0.29) is 18.9 Å². The van der Waals surface area contributed by atoms with Crippen LogP contribution in [0.1, 0.15) is 31.7 Å². The van der Waals surface area contributed by atoms with Crippen molar-refractivity contribution in [3.63, 3.8) is 0 Å². The SMILES string of the molecule is CCN(CC)C(=O)Cn1nnc(CCC(=O)O)c1C. The molecule has 106 valence electrons. The van der Waals surface area contributed by atoms with E-state index in [2.05, 4.69) is 10.3 Å². The minimum absolute atomic E-state index is 0.0113. The fourth-order valence-corrected chi connectivity index (χ4v) is 1.81. The first-order valence-electron chi connectivity index (χ1n) is 6.38. The average Bonchev–Trinajstić information content (AvgIpc) is 2.70. The van der Waals surface area contributed by atoms with Crippen molar-refractivity contribution < 1.29 is 14.7 Å². The van der Waals surface area contributed by atoms with Gasteiger partial charge in [-0.1, -0.05) is 5.21 Å². The summed E-state index contributed by atoms with van der Waals surface area (Å²) < 4.78 is 1.53. The minimum Gasteiger partial charge on any atom is -0.481 e. The molecule has 0 aliphatic carbocycles. The van der Waals surface area contributed by atoms with Gasteiger partial charge in [-0.05, 0) is 20.8 Å². The van der Waals surface area contributed by atoms with Crippen molar-refractivity contribution in [2.24, 2.45) is 0 Å². The lowest BCUT2D eigenvalue weighted by molar-refractivity contribution is -0.137. The Balaban J connectivity index is 2.70. The maximum Gasteiger partial charge on any atom is 0.303 e. The van der Waals surface area contributed by atoms with Gasteiger partial charge in [-0.15, -0.1) is 5.10 Å². The molecular weight excluding hydrogens is 248 g/mol. The lowest BCUT2D eigenvalue weighted by Crippen LogP contribution is -2.34. The third kappa shape index (κ3) is 4.04. The van der Waals surface area contributed by atoms with Gasteiger partial charge in [0.2, 0.25) is 5.91 Å². The monoisotopic (exact) mass is 268 g/mol. The van der Waals surface area contributed by atoms with Crippen LogP contribution in [0.5, 0.6) is 0 Å². The van der Waals surface area contributed by atoms with E-state index < -0.39 is 5.97 Å². The number of hydrogen-bond donors (Lipinski definition) is 1. The van der Waals surface area contributed by atoms with Crippen LogP contribution in [0.15, 0.2) is 0 Å². The van der Waals surface area contributed by atoms with E-state index in [1.54, 1.807) is 11.8 Å². The Hall–Kier alpha value is -1.92. The van der Waals surface area contributed by atoms with Crippen molar-refractivity contribution in [3.8, 4) is 0 Å². The molecule has 7 heteroatoms. The molecule has 0 aliphatic heterocycles. The van der Waals surface area contributed by atoms with Gasteiger partial charge in [-0.3, -0.25) is 9.59 Å². The molecule has 0 bridgehead atoms. The Kier molecular flexibility index (Phi) is 5.47. The van der Waals surface area contributed by atoms with Crippen LogP contribution in [0, 0.1) is 6.92 Å². The number of rotatable bonds is 7. The highest BCUT2D eigenvalue weighted by molar-refractivity contribution is 5.75. The summed E-state index contributed by atoms with van der Waals surface area (Å²) >= 11 is 0. The summed E-state index contributed by atoms with van der Waals surface area (Å²) in [4.78, 5) is 24.2. The fraction of sp³-hybridized carbons (Fsp3) is 0.667. The molecule has 0 aromatic carbocycles. The summed E-state index contributed by atoms with van der Waals surface area (Å²) in [6.07, 6.45) is 0.351. The van der Waals surface area contributed by atoms with Gasteiger partial charge in [-0.2, -0.15) is 0 Å². The van der Waals surface area contributed by atoms with Crippen LogP contribution in [-0.2, 0) is 22.6 Å². The number of carboxylic acids is 1. The van der Waals surface area contributed by atoms with Gasteiger partial charge in [0.1, 0.15) is 6.54 Å². The second kappa shape index (κ2) is 6.86. The summed E-state index contributed by atoms with van der Waals surface area (Å²) in [5.41, 5.74) is 1.39. The van der Waals surface area contributed by atoms with Crippen molar-refractivity contribution in [2.45, 2.75) is 40.2 Å². The molecule has 1 aromatic rings. The number of aryl methyl sites for hydroxylation is 1. The highest BCUT2D eigenvalue weighted by Gasteiger charge is 2.15. The number of likely N-dealkylation sites (N-methyl/N-ethyl adjacent to an activating group) is 1. The summed E-state index contributed by atoms with van der Waals surface area (Å²) in [6, 6.07) is 0. The second-order valence-corrected chi connectivity index (χ2v) is 4.24. The molecule has 0 atom stereocenters. The quantitative estimate of drug-likeness (QED) is 0.776. The second-order valence-electron chi connectivity index (χ2n) is 4.24. The molecule has 19 heavy (non-hydrogen) atoms. The molecule has 0 saturated heterocycles. The molecule has 1 heterocycles. The van der Waals surface area contributed by atoms with E-state index in [0.717, 1.165) is 5.69 Å². The molecule has 1 N–H and O–H groups in total. The highest BCUT2D eigenvalue weighted by atomic mass is 16.4. The summed E-state index contributed by atoms with van der Waals surface area (Å²) in [7, 11) is 0. The van der Waals surface area contributed by atoms with Crippen molar-refractivity contribution in [1.29, 1.82) is 0 Å². The van der Waals surface area contributed by atoms with E-state index in [1.807, 2.05) is 13.8 Å². The van der Waals surface area contributed by atoms with E-state index >= 15 is 0 Å². The molecule has 0 aliphatic rings. The molecule has 0 spiro atoms. The third-order valence-electron chi connectivity index (χ3n) is 3.06. The van der Waals surface area contributed by atoms with Gasteiger partial charge in [0.15, 0.2) is 0 Å². The molecular formula is C12H20N4O3.